The molecular formula is C3H4BF4N2-. The van der Waals surface area contributed by atoms with E-state index in [1.165, 1.54) is 0 Å². The van der Waals surface area contributed by atoms with Gasteiger partial charge in [-0.15, -0.1) is 0 Å². The number of imidazole rings is 1. The van der Waals surface area contributed by atoms with E-state index >= 15 is 0 Å². The number of H-pyrrole nitrogens is 1. The average Bonchev–Trinajstić information content (AvgIpc) is 2.07. The quantitative estimate of drug-likeness (QED) is 0.448. The minimum Gasteiger partial charge on any atom is -0.418 e. The van der Waals surface area contributed by atoms with Gasteiger partial charge < -0.3 is 22.2 Å². The summed E-state index contributed by atoms with van der Waals surface area (Å²) in [7, 11) is -6.00. The minimum absolute atomic E-state index is 1.62. The molecule has 0 aliphatic heterocycles. The fraction of sp³-hybridized carbons (Fsp3) is 0. The molecule has 0 radical (unpaired) electrons. The molecule has 0 saturated carbocycles. The molecule has 0 amide bonds. The molecule has 0 saturated heterocycles. The highest BCUT2D eigenvalue weighted by Crippen LogP contribution is 2.06. The third-order valence-corrected chi connectivity index (χ3v) is 0.406. The number of nitrogens with one attached hydrogen (secondary N) is 1. The maximum atomic E-state index is 9.75. The lowest BCUT2D eigenvalue weighted by Gasteiger charge is -1.94. The summed E-state index contributed by atoms with van der Waals surface area (Å²) >= 11 is 0. The maximum absolute atomic E-state index is 9.75. The largest absolute Gasteiger partial charge is 0.673 e. The Kier molecular flexibility index (Phi) is 3.52. The van der Waals surface area contributed by atoms with Crippen molar-refractivity contribution < 1.29 is 17.3 Å². The van der Waals surface area contributed by atoms with Crippen LogP contribution in [0.25, 0.3) is 0 Å². The summed E-state index contributed by atoms with van der Waals surface area (Å²) in [5.41, 5.74) is 0. The van der Waals surface area contributed by atoms with E-state index in [9.17, 15) is 17.3 Å². The fourth-order valence-corrected chi connectivity index (χ4v) is 0.215. The Bertz CT molecular complexity index is 125. The van der Waals surface area contributed by atoms with Gasteiger partial charge in [-0.25, -0.2) is 4.98 Å². The summed E-state index contributed by atoms with van der Waals surface area (Å²) in [6, 6.07) is 0. The van der Waals surface area contributed by atoms with E-state index in [0.717, 1.165) is 0 Å². The van der Waals surface area contributed by atoms with Crippen LogP contribution in [0.15, 0.2) is 18.7 Å². The fourth-order valence-electron chi connectivity index (χ4n) is 0.215. The number of aromatic nitrogens is 2. The lowest BCUT2D eigenvalue weighted by atomic mass is 10.3. The van der Waals surface area contributed by atoms with Gasteiger partial charge >= 0.3 is 7.25 Å². The van der Waals surface area contributed by atoms with Crippen LogP contribution in [-0.2, 0) is 0 Å². The number of rotatable bonds is 0. The third kappa shape index (κ3) is 15.8. The molecule has 2 nitrogen and oxygen atoms in total. The van der Waals surface area contributed by atoms with Gasteiger partial charge in [-0.2, -0.15) is 0 Å². The first kappa shape index (κ1) is 8.99. The highest BCUT2D eigenvalue weighted by molar-refractivity contribution is 6.50. The minimum atomic E-state index is -6.00. The highest BCUT2D eigenvalue weighted by atomic mass is 19.5. The van der Waals surface area contributed by atoms with Crippen molar-refractivity contribution in [2.75, 3.05) is 0 Å². The molecule has 0 bridgehead atoms. The predicted molar refractivity (Wildman–Crippen MR) is 28.8 cm³/mol. The standard InChI is InChI=1S/C3H4N2.BF4/c1-2-5-3-4-1;2-1(3,4)5/h1-3H,(H,4,5);/q;-1. The predicted octanol–water partition coefficient (Wildman–Crippen LogP) is 1.71. The van der Waals surface area contributed by atoms with Crippen molar-refractivity contribution in [3.05, 3.63) is 18.7 Å². The number of halogens is 4. The van der Waals surface area contributed by atoms with Gasteiger partial charge in [0, 0.05) is 12.4 Å². The second kappa shape index (κ2) is 3.92. The van der Waals surface area contributed by atoms with Crippen LogP contribution in [0.5, 0.6) is 0 Å². The summed E-state index contributed by atoms with van der Waals surface area (Å²) in [6.07, 6.45) is 5.08. The van der Waals surface area contributed by atoms with Crippen molar-refractivity contribution >= 4 is 7.25 Å². The van der Waals surface area contributed by atoms with Gasteiger partial charge in [0.2, 0.25) is 0 Å². The van der Waals surface area contributed by atoms with Gasteiger partial charge in [0.1, 0.15) is 0 Å². The van der Waals surface area contributed by atoms with Crippen molar-refractivity contribution in [1.82, 2.24) is 9.97 Å². The van der Waals surface area contributed by atoms with Crippen LogP contribution in [0.1, 0.15) is 0 Å². The second-order valence-corrected chi connectivity index (χ2v) is 1.26. The lowest BCUT2D eigenvalue weighted by Crippen LogP contribution is -2.02. The van der Waals surface area contributed by atoms with Crippen LogP contribution in [0.4, 0.5) is 17.3 Å². The SMILES string of the molecule is F[B-](F)(F)F.c1c[nH]cn1. The molecule has 0 spiro atoms. The van der Waals surface area contributed by atoms with Crippen LogP contribution in [0.3, 0.4) is 0 Å². The van der Waals surface area contributed by atoms with Gasteiger partial charge in [0.25, 0.3) is 0 Å². The molecule has 1 aromatic heterocycles. The van der Waals surface area contributed by atoms with Crippen LogP contribution in [-0.4, -0.2) is 17.2 Å². The molecule has 0 fully saturated rings. The van der Waals surface area contributed by atoms with E-state index in [1.807, 2.05) is 0 Å². The zero-order valence-electron chi connectivity index (χ0n) is 4.77. The summed E-state index contributed by atoms with van der Waals surface area (Å²) in [5.74, 6) is 0. The zero-order chi connectivity index (χ0) is 8.04. The smallest absolute Gasteiger partial charge is 0.418 e. The molecule has 7 heteroatoms. The zero-order valence-corrected chi connectivity index (χ0v) is 4.77. The molecule has 1 aromatic rings. The summed E-state index contributed by atoms with van der Waals surface area (Å²) in [5, 5.41) is 0. The molecule has 1 heterocycles. The Morgan fingerprint density at radius 2 is 1.70 bits per heavy atom. The number of hydrogen-bond donors (Lipinski definition) is 1. The van der Waals surface area contributed by atoms with Crippen LogP contribution < -0.4 is 0 Å². The molecule has 10 heavy (non-hydrogen) atoms. The first-order valence-electron chi connectivity index (χ1n) is 2.30. The van der Waals surface area contributed by atoms with E-state index in [2.05, 4.69) is 9.97 Å². The normalized spacial score (nSPS) is 10.0. The first-order valence-corrected chi connectivity index (χ1v) is 2.30. The Morgan fingerprint density at radius 3 is 1.80 bits per heavy atom. The topological polar surface area (TPSA) is 28.7 Å². The molecule has 0 unspecified atom stereocenters. The maximum Gasteiger partial charge on any atom is 0.673 e. The number of nitrogens with zero attached hydrogens (tertiary/aromatic N) is 1. The molecular weight excluding hydrogens is 151 g/mol. The van der Waals surface area contributed by atoms with Crippen molar-refractivity contribution in [2.24, 2.45) is 0 Å². The van der Waals surface area contributed by atoms with Crippen LogP contribution in [0, 0.1) is 0 Å². The van der Waals surface area contributed by atoms with Crippen molar-refractivity contribution in [3.8, 4) is 0 Å². The molecule has 0 atom stereocenters. The summed E-state index contributed by atoms with van der Waals surface area (Å²) in [6.45, 7) is 0. The van der Waals surface area contributed by atoms with Crippen LogP contribution >= 0.6 is 0 Å². The van der Waals surface area contributed by atoms with Crippen molar-refractivity contribution in [1.29, 1.82) is 0 Å². The number of aromatic amines is 1. The van der Waals surface area contributed by atoms with E-state index in [-0.39, 0.29) is 0 Å². The van der Waals surface area contributed by atoms with Gasteiger partial charge in [0.15, 0.2) is 0 Å². The van der Waals surface area contributed by atoms with E-state index in [1.54, 1.807) is 18.7 Å². The molecule has 1 N–H and O–H groups in total. The van der Waals surface area contributed by atoms with E-state index in [4.69, 9.17) is 0 Å². The Balaban J connectivity index is 0.000000162. The first-order chi connectivity index (χ1) is 4.50. The Morgan fingerprint density at radius 1 is 1.20 bits per heavy atom. The second-order valence-electron chi connectivity index (χ2n) is 1.26. The molecule has 0 aliphatic rings. The van der Waals surface area contributed by atoms with Crippen LogP contribution in [0.2, 0.25) is 0 Å². The Hall–Kier alpha value is -1.01. The van der Waals surface area contributed by atoms with Crippen molar-refractivity contribution in [3.63, 3.8) is 0 Å². The van der Waals surface area contributed by atoms with Crippen molar-refractivity contribution in [2.45, 2.75) is 0 Å². The molecule has 0 aromatic carbocycles. The Labute approximate surface area is 54.4 Å². The highest BCUT2D eigenvalue weighted by Gasteiger charge is 2.20. The molecule has 1 rings (SSSR count). The summed E-state index contributed by atoms with van der Waals surface area (Å²) in [4.78, 5) is 6.42. The lowest BCUT2D eigenvalue weighted by molar-refractivity contribution is 0.368. The molecule has 58 valence electrons. The van der Waals surface area contributed by atoms with Gasteiger partial charge in [0.05, 0.1) is 6.33 Å². The molecule has 0 aliphatic carbocycles. The van der Waals surface area contributed by atoms with E-state index < -0.39 is 7.25 Å². The van der Waals surface area contributed by atoms with Gasteiger partial charge in [-0.05, 0) is 0 Å². The third-order valence-electron chi connectivity index (χ3n) is 0.406. The summed E-state index contributed by atoms with van der Waals surface area (Å²) < 4.78 is 39.0. The average molecular weight is 155 g/mol. The van der Waals surface area contributed by atoms with Gasteiger partial charge in [-0.3, -0.25) is 0 Å². The number of hydrogen-bond acceptors (Lipinski definition) is 1. The monoisotopic (exact) mass is 155 g/mol. The van der Waals surface area contributed by atoms with Gasteiger partial charge in [-0.1, -0.05) is 0 Å². The van der Waals surface area contributed by atoms with E-state index in [0.29, 0.717) is 0 Å².